The first-order chi connectivity index (χ1) is 16.0. The lowest BCUT2D eigenvalue weighted by Crippen LogP contribution is -2.43. The highest BCUT2D eigenvalue weighted by Crippen LogP contribution is 2.37. The fraction of sp³-hybridized carbons (Fsp3) is 0.417. The number of carbonyl (C=O) groups excluding carboxylic acids is 3. The molecule has 1 aliphatic carbocycles. The van der Waals surface area contributed by atoms with Crippen LogP contribution < -0.4 is 10.6 Å². The van der Waals surface area contributed by atoms with E-state index in [1.807, 2.05) is 30.3 Å². The van der Waals surface area contributed by atoms with Crippen molar-refractivity contribution in [3.05, 3.63) is 46.3 Å². The second-order valence-corrected chi connectivity index (χ2v) is 9.35. The van der Waals surface area contributed by atoms with Crippen molar-refractivity contribution in [2.75, 3.05) is 30.3 Å². The largest absolute Gasteiger partial charge is 0.455 e. The van der Waals surface area contributed by atoms with E-state index >= 15 is 0 Å². The molecule has 8 nitrogen and oxygen atoms in total. The number of nitriles is 1. The molecule has 4 rings (SSSR count). The SMILES string of the molecule is N#Cc1c(NC(=O)COC(=O)C2CCN(C(=O)Nc3ccccc3)CC2)sc2c1CCCC2. The van der Waals surface area contributed by atoms with Crippen molar-refractivity contribution in [2.45, 2.75) is 38.5 Å². The van der Waals surface area contributed by atoms with Crippen molar-refractivity contribution in [2.24, 2.45) is 5.92 Å². The number of carbonyl (C=O) groups is 3. The van der Waals surface area contributed by atoms with Gasteiger partial charge < -0.3 is 20.3 Å². The van der Waals surface area contributed by atoms with Crippen LogP contribution in [0.2, 0.25) is 0 Å². The molecule has 2 aromatic rings. The lowest BCUT2D eigenvalue weighted by atomic mass is 9.96. The van der Waals surface area contributed by atoms with Crippen molar-refractivity contribution < 1.29 is 19.1 Å². The van der Waals surface area contributed by atoms with E-state index in [1.165, 1.54) is 11.3 Å². The van der Waals surface area contributed by atoms with Gasteiger partial charge in [-0.15, -0.1) is 11.3 Å². The Balaban J connectivity index is 1.22. The van der Waals surface area contributed by atoms with Gasteiger partial charge in [0.1, 0.15) is 11.1 Å². The number of nitrogens with zero attached hydrogens (tertiary/aromatic N) is 2. The maximum Gasteiger partial charge on any atom is 0.321 e. The van der Waals surface area contributed by atoms with E-state index in [0.29, 0.717) is 36.5 Å². The Morgan fingerprint density at radius 3 is 2.55 bits per heavy atom. The van der Waals surface area contributed by atoms with E-state index in [4.69, 9.17) is 4.74 Å². The molecule has 2 aliphatic rings. The van der Waals surface area contributed by atoms with Crippen LogP contribution in [0.5, 0.6) is 0 Å². The number of hydrogen-bond donors (Lipinski definition) is 2. The normalized spacial score (nSPS) is 15.8. The Labute approximate surface area is 196 Å². The predicted octanol–water partition coefficient (Wildman–Crippen LogP) is 3.92. The van der Waals surface area contributed by atoms with E-state index < -0.39 is 11.9 Å². The quantitative estimate of drug-likeness (QED) is 0.649. The van der Waals surface area contributed by atoms with Crippen LogP contribution in [0.3, 0.4) is 0 Å². The molecule has 1 fully saturated rings. The van der Waals surface area contributed by atoms with Gasteiger partial charge in [-0.2, -0.15) is 5.26 Å². The van der Waals surface area contributed by atoms with Gasteiger partial charge in [0.25, 0.3) is 5.91 Å². The number of urea groups is 1. The van der Waals surface area contributed by atoms with E-state index in [0.717, 1.165) is 41.8 Å². The average molecular weight is 467 g/mol. The zero-order chi connectivity index (χ0) is 23.2. The Bertz CT molecular complexity index is 1070. The number of benzene rings is 1. The first-order valence-corrected chi connectivity index (χ1v) is 12.0. The number of para-hydroxylation sites is 1. The van der Waals surface area contributed by atoms with E-state index in [9.17, 15) is 19.6 Å². The highest BCUT2D eigenvalue weighted by atomic mass is 32.1. The highest BCUT2D eigenvalue weighted by molar-refractivity contribution is 7.16. The number of amides is 3. The fourth-order valence-electron chi connectivity index (χ4n) is 4.23. The maximum absolute atomic E-state index is 12.4. The molecular formula is C24H26N4O4S. The number of anilines is 2. The number of piperidine rings is 1. The van der Waals surface area contributed by atoms with E-state index in [1.54, 1.807) is 4.90 Å². The molecule has 0 saturated carbocycles. The minimum absolute atomic E-state index is 0.195. The Hall–Kier alpha value is -3.38. The summed E-state index contributed by atoms with van der Waals surface area (Å²) in [5.41, 5.74) is 2.31. The van der Waals surface area contributed by atoms with Crippen LogP contribution in [-0.4, -0.2) is 42.5 Å². The topological polar surface area (TPSA) is 112 Å². The predicted molar refractivity (Wildman–Crippen MR) is 125 cm³/mol. The van der Waals surface area contributed by atoms with Crippen LogP contribution in [-0.2, 0) is 27.2 Å². The monoisotopic (exact) mass is 466 g/mol. The molecule has 172 valence electrons. The van der Waals surface area contributed by atoms with Gasteiger partial charge in [0.05, 0.1) is 11.5 Å². The lowest BCUT2D eigenvalue weighted by molar-refractivity contribution is -0.152. The summed E-state index contributed by atoms with van der Waals surface area (Å²) in [4.78, 5) is 40.0. The number of rotatable bonds is 5. The van der Waals surface area contributed by atoms with Crippen LogP contribution in [0.25, 0.3) is 0 Å². The number of ether oxygens (including phenoxy) is 1. The first-order valence-electron chi connectivity index (χ1n) is 11.2. The molecule has 0 radical (unpaired) electrons. The molecule has 1 aromatic carbocycles. The Kier molecular flexibility index (Phi) is 7.25. The van der Waals surface area contributed by atoms with Gasteiger partial charge in [-0.1, -0.05) is 18.2 Å². The maximum atomic E-state index is 12.4. The summed E-state index contributed by atoms with van der Waals surface area (Å²) < 4.78 is 5.23. The molecular weight excluding hydrogens is 440 g/mol. The number of aryl methyl sites for hydroxylation is 1. The second-order valence-electron chi connectivity index (χ2n) is 8.24. The molecule has 0 bridgehead atoms. The van der Waals surface area contributed by atoms with Gasteiger partial charge in [-0.05, 0) is 56.2 Å². The van der Waals surface area contributed by atoms with Gasteiger partial charge in [-0.3, -0.25) is 9.59 Å². The minimum Gasteiger partial charge on any atom is -0.455 e. The van der Waals surface area contributed by atoms with Crippen LogP contribution in [0.15, 0.2) is 30.3 Å². The first kappa shape index (κ1) is 22.8. The zero-order valence-corrected chi connectivity index (χ0v) is 19.1. The van der Waals surface area contributed by atoms with Crippen LogP contribution in [0.1, 0.15) is 41.7 Å². The standard InChI is InChI=1S/C24H26N4O4S/c25-14-19-18-8-4-5-9-20(18)33-22(19)27-21(29)15-32-23(30)16-10-12-28(13-11-16)24(31)26-17-6-2-1-3-7-17/h1-3,6-7,16H,4-5,8-13,15H2,(H,26,31)(H,27,29). The van der Waals surface area contributed by atoms with Crippen molar-refractivity contribution in [3.63, 3.8) is 0 Å². The molecule has 0 unspecified atom stereocenters. The summed E-state index contributed by atoms with van der Waals surface area (Å²) in [6.07, 6.45) is 4.91. The van der Waals surface area contributed by atoms with Gasteiger partial charge in [0.15, 0.2) is 6.61 Å². The number of hydrogen-bond acceptors (Lipinski definition) is 6. The van der Waals surface area contributed by atoms with E-state index in [2.05, 4.69) is 16.7 Å². The van der Waals surface area contributed by atoms with Crippen LogP contribution in [0.4, 0.5) is 15.5 Å². The molecule has 9 heteroatoms. The van der Waals surface area contributed by atoms with Gasteiger partial charge in [0.2, 0.25) is 0 Å². The Morgan fingerprint density at radius 1 is 1.09 bits per heavy atom. The molecule has 1 aromatic heterocycles. The molecule has 2 N–H and O–H groups in total. The minimum atomic E-state index is -0.446. The average Bonchev–Trinajstić information content (AvgIpc) is 3.20. The summed E-state index contributed by atoms with van der Waals surface area (Å²) >= 11 is 1.44. The summed E-state index contributed by atoms with van der Waals surface area (Å²) in [6, 6.07) is 11.2. The number of fused-ring (bicyclic) bond motifs is 1. The van der Waals surface area contributed by atoms with Crippen molar-refractivity contribution in [1.29, 1.82) is 5.26 Å². The Morgan fingerprint density at radius 2 is 1.82 bits per heavy atom. The number of thiophene rings is 1. The number of likely N-dealkylation sites (tertiary alicyclic amines) is 1. The fourth-order valence-corrected chi connectivity index (χ4v) is 5.49. The third-order valence-corrected chi connectivity index (χ3v) is 7.23. The summed E-state index contributed by atoms with van der Waals surface area (Å²) in [5, 5.41) is 15.6. The van der Waals surface area contributed by atoms with Crippen LogP contribution >= 0.6 is 11.3 Å². The summed E-state index contributed by atoms with van der Waals surface area (Å²) in [6.45, 7) is 0.495. The molecule has 1 aliphatic heterocycles. The smallest absolute Gasteiger partial charge is 0.321 e. The van der Waals surface area contributed by atoms with Gasteiger partial charge in [0, 0.05) is 23.7 Å². The summed E-state index contributed by atoms with van der Waals surface area (Å²) in [5.74, 6) is -1.22. The van der Waals surface area contributed by atoms with Crippen molar-refractivity contribution in [1.82, 2.24) is 4.90 Å². The number of nitrogens with one attached hydrogen (secondary N) is 2. The van der Waals surface area contributed by atoms with Crippen molar-refractivity contribution >= 4 is 39.9 Å². The second kappa shape index (κ2) is 10.5. The van der Waals surface area contributed by atoms with E-state index in [-0.39, 0.29) is 18.6 Å². The molecule has 2 heterocycles. The summed E-state index contributed by atoms with van der Waals surface area (Å²) in [7, 11) is 0. The van der Waals surface area contributed by atoms with Gasteiger partial charge >= 0.3 is 12.0 Å². The third-order valence-electron chi connectivity index (χ3n) is 6.02. The number of esters is 1. The van der Waals surface area contributed by atoms with Gasteiger partial charge in [-0.25, -0.2) is 4.79 Å². The molecule has 0 spiro atoms. The third kappa shape index (κ3) is 5.52. The molecule has 1 saturated heterocycles. The molecule has 33 heavy (non-hydrogen) atoms. The lowest BCUT2D eigenvalue weighted by Gasteiger charge is -2.30. The zero-order valence-electron chi connectivity index (χ0n) is 18.3. The van der Waals surface area contributed by atoms with Crippen LogP contribution in [0, 0.1) is 17.2 Å². The molecule has 0 atom stereocenters. The molecule has 3 amide bonds. The highest BCUT2D eigenvalue weighted by Gasteiger charge is 2.29. The van der Waals surface area contributed by atoms with Crippen molar-refractivity contribution in [3.8, 4) is 6.07 Å².